The van der Waals surface area contributed by atoms with E-state index in [1.165, 1.54) is 66.0 Å². The van der Waals surface area contributed by atoms with E-state index in [4.69, 9.17) is 4.42 Å². The maximum absolute atomic E-state index is 6.17. The van der Waals surface area contributed by atoms with Gasteiger partial charge in [-0.2, -0.15) is 0 Å². The van der Waals surface area contributed by atoms with Crippen molar-refractivity contribution in [1.82, 2.24) is 9.13 Å². The number of rotatable bonds is 3. The molecular weight excluding hydrogens is 560 g/mol. The molecule has 0 aliphatic rings. The normalized spacial score (nSPS) is 12.0. The second-order valence-corrected chi connectivity index (χ2v) is 12.3. The predicted octanol–water partition coefficient (Wildman–Crippen LogP) is 11.8. The molecule has 3 nitrogen and oxygen atoms in total. The SMILES string of the molecule is Cc1ccc(-n2c3ccccc3c3cc(-c4ccc5c6ccccc6n(-c6ccc7oc8ccccc8c7c6)c5c4)ccc32)cc1. The molecule has 0 radical (unpaired) electrons. The smallest absolute Gasteiger partial charge is 0.135 e. The average Bonchev–Trinajstić information content (AvgIpc) is 3.75. The molecule has 10 rings (SSSR count). The van der Waals surface area contributed by atoms with Gasteiger partial charge in [0.05, 0.1) is 22.1 Å². The van der Waals surface area contributed by atoms with Gasteiger partial charge in [0.1, 0.15) is 11.2 Å². The molecule has 0 amide bonds. The van der Waals surface area contributed by atoms with Crippen LogP contribution in [0, 0.1) is 6.92 Å². The first-order valence-corrected chi connectivity index (χ1v) is 15.8. The van der Waals surface area contributed by atoms with Crippen molar-refractivity contribution in [3.63, 3.8) is 0 Å². The van der Waals surface area contributed by atoms with Crippen LogP contribution in [0.25, 0.3) is 88.1 Å². The van der Waals surface area contributed by atoms with Gasteiger partial charge in [0, 0.05) is 43.7 Å². The minimum atomic E-state index is 0.907. The summed E-state index contributed by atoms with van der Waals surface area (Å²) in [6.07, 6.45) is 0. The average molecular weight is 589 g/mol. The standard InChI is InChI=1S/C43H28N2O/c1-27-14-18-30(19-15-27)44-39-12-6-3-9-33(39)36-24-28(17-22-40(36)44)29-16-21-34-32-8-2-5-11-38(32)45(41(34)25-29)31-20-23-43-37(26-31)35-10-4-7-13-42(35)46-43/h2-26H,1H3. The van der Waals surface area contributed by atoms with E-state index in [-0.39, 0.29) is 0 Å². The second kappa shape index (κ2) is 9.47. The van der Waals surface area contributed by atoms with E-state index in [9.17, 15) is 0 Å². The van der Waals surface area contributed by atoms with E-state index in [1.807, 2.05) is 12.1 Å². The van der Waals surface area contributed by atoms with Crippen molar-refractivity contribution < 1.29 is 4.42 Å². The molecule has 46 heavy (non-hydrogen) atoms. The Balaban J connectivity index is 1.20. The lowest BCUT2D eigenvalue weighted by atomic mass is 10.0. The summed E-state index contributed by atoms with van der Waals surface area (Å²) in [6.45, 7) is 2.13. The summed E-state index contributed by atoms with van der Waals surface area (Å²) in [5.74, 6) is 0. The van der Waals surface area contributed by atoms with E-state index in [2.05, 4.69) is 156 Å². The van der Waals surface area contributed by atoms with Gasteiger partial charge in [0.2, 0.25) is 0 Å². The Labute approximate surface area is 265 Å². The van der Waals surface area contributed by atoms with Crippen molar-refractivity contribution in [3.8, 4) is 22.5 Å². The van der Waals surface area contributed by atoms with Crippen LogP contribution in [0.1, 0.15) is 5.56 Å². The lowest BCUT2D eigenvalue weighted by Gasteiger charge is -2.10. The number of hydrogen-bond acceptors (Lipinski definition) is 1. The van der Waals surface area contributed by atoms with Crippen LogP contribution >= 0.6 is 0 Å². The molecule has 3 heterocycles. The van der Waals surface area contributed by atoms with Crippen LogP contribution in [-0.2, 0) is 0 Å². The summed E-state index contributed by atoms with van der Waals surface area (Å²) in [4.78, 5) is 0. The Morgan fingerprint density at radius 2 is 0.935 bits per heavy atom. The molecule has 0 N–H and O–H groups in total. The van der Waals surface area contributed by atoms with Crippen LogP contribution in [0.2, 0.25) is 0 Å². The highest BCUT2D eigenvalue weighted by Gasteiger charge is 2.17. The fourth-order valence-corrected chi connectivity index (χ4v) is 7.41. The quantitative estimate of drug-likeness (QED) is 0.201. The highest BCUT2D eigenvalue weighted by Crippen LogP contribution is 2.39. The molecule has 10 aromatic rings. The second-order valence-electron chi connectivity index (χ2n) is 12.3. The largest absolute Gasteiger partial charge is 0.456 e. The Bertz CT molecular complexity index is 2810. The number of aryl methyl sites for hydroxylation is 1. The number of aromatic nitrogens is 2. The van der Waals surface area contributed by atoms with Crippen LogP contribution in [-0.4, -0.2) is 9.13 Å². The first kappa shape index (κ1) is 25.3. The van der Waals surface area contributed by atoms with Gasteiger partial charge < -0.3 is 13.6 Å². The summed E-state index contributed by atoms with van der Waals surface area (Å²) in [5.41, 5.74) is 12.6. The van der Waals surface area contributed by atoms with Gasteiger partial charge in [-0.15, -0.1) is 0 Å². The summed E-state index contributed by atoms with van der Waals surface area (Å²) >= 11 is 0. The molecule has 0 spiro atoms. The number of benzene rings is 7. The van der Waals surface area contributed by atoms with Crippen molar-refractivity contribution in [2.24, 2.45) is 0 Å². The first-order valence-electron chi connectivity index (χ1n) is 15.8. The fourth-order valence-electron chi connectivity index (χ4n) is 7.41. The van der Waals surface area contributed by atoms with Crippen molar-refractivity contribution in [1.29, 1.82) is 0 Å². The van der Waals surface area contributed by atoms with E-state index in [0.29, 0.717) is 0 Å². The number of furan rings is 1. The maximum Gasteiger partial charge on any atom is 0.135 e. The van der Waals surface area contributed by atoms with Crippen molar-refractivity contribution in [3.05, 3.63) is 157 Å². The highest BCUT2D eigenvalue weighted by atomic mass is 16.3. The van der Waals surface area contributed by atoms with Crippen LogP contribution in [0.4, 0.5) is 0 Å². The molecule has 0 atom stereocenters. The zero-order chi connectivity index (χ0) is 30.4. The third kappa shape index (κ3) is 3.60. The molecule has 3 aromatic heterocycles. The molecule has 7 aromatic carbocycles. The van der Waals surface area contributed by atoms with Gasteiger partial charge in [-0.25, -0.2) is 0 Å². The third-order valence-electron chi connectivity index (χ3n) is 9.59. The van der Waals surface area contributed by atoms with Crippen LogP contribution in [0.5, 0.6) is 0 Å². The van der Waals surface area contributed by atoms with Gasteiger partial charge in [-0.1, -0.05) is 90.5 Å². The maximum atomic E-state index is 6.17. The van der Waals surface area contributed by atoms with E-state index >= 15 is 0 Å². The summed E-state index contributed by atoms with van der Waals surface area (Å²) in [7, 11) is 0. The van der Waals surface area contributed by atoms with Crippen molar-refractivity contribution >= 4 is 65.6 Å². The Morgan fingerprint density at radius 1 is 0.370 bits per heavy atom. The first-order chi connectivity index (χ1) is 22.7. The Hall–Kier alpha value is -6.06. The molecule has 0 bridgehead atoms. The van der Waals surface area contributed by atoms with Crippen LogP contribution < -0.4 is 0 Å². The van der Waals surface area contributed by atoms with E-state index in [0.717, 1.165) is 27.6 Å². The topological polar surface area (TPSA) is 23.0 Å². The fraction of sp³-hybridized carbons (Fsp3) is 0.0233. The predicted molar refractivity (Wildman–Crippen MR) is 193 cm³/mol. The summed E-state index contributed by atoms with van der Waals surface area (Å²) < 4.78 is 10.9. The minimum absolute atomic E-state index is 0.907. The van der Waals surface area contributed by atoms with Gasteiger partial charge in [0.15, 0.2) is 0 Å². The lowest BCUT2D eigenvalue weighted by molar-refractivity contribution is 0.669. The number of hydrogen-bond donors (Lipinski definition) is 0. The van der Waals surface area contributed by atoms with Crippen LogP contribution in [0.3, 0.4) is 0 Å². The Morgan fingerprint density at radius 3 is 1.74 bits per heavy atom. The zero-order valence-electron chi connectivity index (χ0n) is 25.2. The van der Waals surface area contributed by atoms with Gasteiger partial charge in [-0.05, 0) is 84.8 Å². The Kier molecular flexibility index (Phi) is 5.20. The molecule has 0 fully saturated rings. The molecule has 0 saturated heterocycles. The molecular formula is C43H28N2O. The lowest BCUT2D eigenvalue weighted by Crippen LogP contribution is -1.94. The summed E-state index contributed by atoms with van der Waals surface area (Å²) in [6, 6.07) is 54.9. The third-order valence-corrected chi connectivity index (χ3v) is 9.59. The molecule has 0 unspecified atom stereocenters. The van der Waals surface area contributed by atoms with Gasteiger partial charge in [-0.3, -0.25) is 0 Å². The van der Waals surface area contributed by atoms with Crippen LogP contribution in [0.15, 0.2) is 156 Å². The van der Waals surface area contributed by atoms with E-state index < -0.39 is 0 Å². The van der Waals surface area contributed by atoms with E-state index in [1.54, 1.807) is 0 Å². The molecule has 216 valence electrons. The van der Waals surface area contributed by atoms with Gasteiger partial charge >= 0.3 is 0 Å². The number of para-hydroxylation sites is 3. The molecule has 3 heteroatoms. The summed E-state index contributed by atoms with van der Waals surface area (Å²) in [5, 5.41) is 7.28. The number of nitrogens with zero attached hydrogens (tertiary/aromatic N) is 2. The molecule has 0 aliphatic carbocycles. The monoisotopic (exact) mass is 588 g/mol. The van der Waals surface area contributed by atoms with Crippen molar-refractivity contribution in [2.45, 2.75) is 6.92 Å². The minimum Gasteiger partial charge on any atom is -0.456 e. The van der Waals surface area contributed by atoms with Gasteiger partial charge in [0.25, 0.3) is 0 Å². The molecule has 0 saturated carbocycles. The highest BCUT2D eigenvalue weighted by molar-refractivity contribution is 6.13. The van der Waals surface area contributed by atoms with Crippen molar-refractivity contribution in [2.75, 3.05) is 0 Å². The molecule has 0 aliphatic heterocycles. The number of fused-ring (bicyclic) bond motifs is 9. The zero-order valence-corrected chi connectivity index (χ0v) is 25.2.